The predicted molar refractivity (Wildman–Crippen MR) is 92.9 cm³/mol. The molecule has 3 heteroatoms. The lowest BCUT2D eigenvalue weighted by molar-refractivity contribution is 0.146. The molecule has 1 N–H and O–H groups in total. The molecule has 2 aliphatic heterocycles. The Bertz CT molecular complexity index is 494. The van der Waals surface area contributed by atoms with Crippen LogP contribution in [0.25, 0.3) is 0 Å². The minimum atomic E-state index is 0.308. The number of hydrogen-bond acceptors (Lipinski definition) is 3. The molecule has 0 aliphatic carbocycles. The standard InChI is InChI=1S/C19H30N2O/c1-4-21-13-19(14(2)3)22-18-6-5-16(12-17(18)21)11-15-7-9-20-10-8-15/h5-6,12,14-15,19-20H,4,7-11,13H2,1-3H3. The Morgan fingerprint density at radius 3 is 2.73 bits per heavy atom. The van der Waals surface area contributed by atoms with E-state index in [2.05, 4.69) is 49.2 Å². The van der Waals surface area contributed by atoms with E-state index in [1.54, 1.807) is 0 Å². The highest BCUT2D eigenvalue weighted by Gasteiger charge is 2.27. The molecule has 0 amide bonds. The zero-order valence-corrected chi connectivity index (χ0v) is 14.3. The summed E-state index contributed by atoms with van der Waals surface area (Å²) in [4.78, 5) is 2.48. The van der Waals surface area contributed by atoms with Gasteiger partial charge in [0.15, 0.2) is 0 Å². The van der Waals surface area contributed by atoms with E-state index in [0.717, 1.165) is 24.8 Å². The highest BCUT2D eigenvalue weighted by Crippen LogP contribution is 2.36. The fraction of sp³-hybridized carbons (Fsp3) is 0.684. The van der Waals surface area contributed by atoms with Crippen molar-refractivity contribution in [3.05, 3.63) is 23.8 Å². The zero-order valence-electron chi connectivity index (χ0n) is 14.3. The smallest absolute Gasteiger partial charge is 0.143 e. The van der Waals surface area contributed by atoms with E-state index >= 15 is 0 Å². The molecule has 1 saturated heterocycles. The molecule has 0 spiro atoms. The Balaban J connectivity index is 1.77. The van der Waals surface area contributed by atoms with Crippen LogP contribution in [0.5, 0.6) is 5.75 Å². The van der Waals surface area contributed by atoms with Crippen LogP contribution in [0.4, 0.5) is 5.69 Å². The normalized spacial score (nSPS) is 22.5. The highest BCUT2D eigenvalue weighted by atomic mass is 16.5. The molecule has 2 heterocycles. The minimum absolute atomic E-state index is 0.308. The molecule has 0 radical (unpaired) electrons. The van der Waals surface area contributed by atoms with Crippen LogP contribution in [0.2, 0.25) is 0 Å². The second-order valence-corrected chi connectivity index (χ2v) is 7.14. The Kier molecular flexibility index (Phi) is 4.92. The molecule has 0 aromatic heterocycles. The van der Waals surface area contributed by atoms with Gasteiger partial charge in [-0.1, -0.05) is 19.9 Å². The topological polar surface area (TPSA) is 24.5 Å². The number of anilines is 1. The van der Waals surface area contributed by atoms with Gasteiger partial charge in [0.25, 0.3) is 0 Å². The first-order valence-corrected chi connectivity index (χ1v) is 8.92. The summed E-state index contributed by atoms with van der Waals surface area (Å²) in [5.41, 5.74) is 2.77. The summed E-state index contributed by atoms with van der Waals surface area (Å²) in [6.07, 6.45) is 4.13. The number of rotatable bonds is 4. The van der Waals surface area contributed by atoms with E-state index in [1.807, 2.05) is 0 Å². The number of nitrogens with zero attached hydrogens (tertiary/aromatic N) is 1. The minimum Gasteiger partial charge on any atom is -0.486 e. The molecule has 2 aliphatic rings. The van der Waals surface area contributed by atoms with Gasteiger partial charge in [0.2, 0.25) is 0 Å². The Hall–Kier alpha value is -1.22. The number of piperidine rings is 1. The first kappa shape index (κ1) is 15.7. The van der Waals surface area contributed by atoms with Gasteiger partial charge < -0.3 is 15.0 Å². The number of nitrogens with one attached hydrogen (secondary N) is 1. The zero-order chi connectivity index (χ0) is 15.5. The van der Waals surface area contributed by atoms with Gasteiger partial charge in [0.1, 0.15) is 11.9 Å². The van der Waals surface area contributed by atoms with Gasteiger partial charge in [-0.05, 0) is 68.8 Å². The number of hydrogen-bond donors (Lipinski definition) is 1. The maximum atomic E-state index is 6.22. The van der Waals surface area contributed by atoms with Crippen LogP contribution in [0.15, 0.2) is 18.2 Å². The van der Waals surface area contributed by atoms with Crippen LogP contribution in [-0.4, -0.2) is 32.3 Å². The summed E-state index contributed by atoms with van der Waals surface area (Å²) in [7, 11) is 0. The SMILES string of the molecule is CCN1CC(C(C)C)Oc2ccc(CC3CCNCC3)cc21. The van der Waals surface area contributed by atoms with E-state index in [-0.39, 0.29) is 0 Å². The third-order valence-electron chi connectivity index (χ3n) is 5.15. The van der Waals surface area contributed by atoms with Crippen molar-refractivity contribution in [3.63, 3.8) is 0 Å². The lowest BCUT2D eigenvalue weighted by Gasteiger charge is -2.37. The predicted octanol–water partition coefficient (Wildman–Crippen LogP) is 3.47. The van der Waals surface area contributed by atoms with Crippen molar-refractivity contribution in [2.24, 2.45) is 11.8 Å². The summed E-state index contributed by atoms with van der Waals surface area (Å²) >= 11 is 0. The van der Waals surface area contributed by atoms with Crippen LogP contribution < -0.4 is 15.0 Å². The van der Waals surface area contributed by atoms with Crippen LogP contribution in [-0.2, 0) is 6.42 Å². The first-order valence-electron chi connectivity index (χ1n) is 8.92. The van der Waals surface area contributed by atoms with Crippen molar-refractivity contribution in [2.75, 3.05) is 31.1 Å². The first-order chi connectivity index (χ1) is 10.7. The molecule has 3 rings (SSSR count). The number of ether oxygens (including phenoxy) is 1. The van der Waals surface area contributed by atoms with E-state index in [1.165, 1.54) is 43.6 Å². The average Bonchev–Trinajstić information content (AvgIpc) is 2.54. The molecule has 0 saturated carbocycles. The lowest BCUT2D eigenvalue weighted by Crippen LogP contribution is -2.42. The van der Waals surface area contributed by atoms with Crippen LogP contribution in [0, 0.1) is 11.8 Å². The van der Waals surface area contributed by atoms with Crippen LogP contribution >= 0.6 is 0 Å². The van der Waals surface area contributed by atoms with Gasteiger partial charge in [0.05, 0.1) is 12.2 Å². The third-order valence-corrected chi connectivity index (χ3v) is 5.15. The molecule has 1 atom stereocenters. The molecule has 1 aromatic rings. The largest absolute Gasteiger partial charge is 0.486 e. The molecule has 1 unspecified atom stereocenters. The van der Waals surface area contributed by atoms with Crippen molar-refractivity contribution in [3.8, 4) is 5.75 Å². The Morgan fingerprint density at radius 2 is 2.05 bits per heavy atom. The molecule has 22 heavy (non-hydrogen) atoms. The fourth-order valence-corrected chi connectivity index (χ4v) is 3.62. The summed E-state index contributed by atoms with van der Waals surface area (Å²) in [6, 6.07) is 6.85. The molecule has 1 fully saturated rings. The van der Waals surface area contributed by atoms with Gasteiger partial charge in [0, 0.05) is 6.54 Å². The highest BCUT2D eigenvalue weighted by molar-refractivity contribution is 5.61. The van der Waals surface area contributed by atoms with Crippen LogP contribution in [0.3, 0.4) is 0 Å². The van der Waals surface area contributed by atoms with Gasteiger partial charge >= 0.3 is 0 Å². The summed E-state index contributed by atoms with van der Waals surface area (Å²) < 4.78 is 6.22. The van der Waals surface area contributed by atoms with E-state index in [9.17, 15) is 0 Å². The Labute approximate surface area is 135 Å². The van der Waals surface area contributed by atoms with Crippen molar-refractivity contribution in [1.29, 1.82) is 0 Å². The summed E-state index contributed by atoms with van der Waals surface area (Å²) in [6.45, 7) is 11.1. The quantitative estimate of drug-likeness (QED) is 0.921. The van der Waals surface area contributed by atoms with Gasteiger partial charge in [-0.3, -0.25) is 0 Å². The second kappa shape index (κ2) is 6.91. The number of fused-ring (bicyclic) bond motifs is 1. The lowest BCUT2D eigenvalue weighted by atomic mass is 9.90. The second-order valence-electron chi connectivity index (χ2n) is 7.14. The summed E-state index contributed by atoms with van der Waals surface area (Å²) in [5.74, 6) is 2.46. The van der Waals surface area contributed by atoms with Gasteiger partial charge in [-0.15, -0.1) is 0 Å². The van der Waals surface area contributed by atoms with E-state index < -0.39 is 0 Å². The molecule has 1 aromatic carbocycles. The summed E-state index contributed by atoms with van der Waals surface area (Å²) in [5, 5.41) is 3.45. The van der Waals surface area contributed by atoms with Crippen molar-refractivity contribution >= 4 is 5.69 Å². The van der Waals surface area contributed by atoms with Crippen molar-refractivity contribution in [1.82, 2.24) is 5.32 Å². The van der Waals surface area contributed by atoms with Crippen LogP contribution in [0.1, 0.15) is 39.2 Å². The van der Waals surface area contributed by atoms with E-state index in [4.69, 9.17) is 4.74 Å². The molecular formula is C19H30N2O. The molecule has 0 bridgehead atoms. The number of benzene rings is 1. The third kappa shape index (κ3) is 3.40. The monoisotopic (exact) mass is 302 g/mol. The molecule has 3 nitrogen and oxygen atoms in total. The molecule has 122 valence electrons. The Morgan fingerprint density at radius 1 is 1.27 bits per heavy atom. The number of likely N-dealkylation sites (N-methyl/N-ethyl adjacent to an activating group) is 1. The molecular weight excluding hydrogens is 272 g/mol. The fourth-order valence-electron chi connectivity index (χ4n) is 3.62. The van der Waals surface area contributed by atoms with E-state index in [0.29, 0.717) is 12.0 Å². The average molecular weight is 302 g/mol. The van der Waals surface area contributed by atoms with Gasteiger partial charge in [-0.2, -0.15) is 0 Å². The van der Waals surface area contributed by atoms with Gasteiger partial charge in [-0.25, -0.2) is 0 Å². The maximum absolute atomic E-state index is 6.22. The van der Waals surface area contributed by atoms with Crippen molar-refractivity contribution in [2.45, 2.75) is 46.1 Å². The van der Waals surface area contributed by atoms with Crippen molar-refractivity contribution < 1.29 is 4.74 Å². The maximum Gasteiger partial charge on any atom is 0.143 e.